The Hall–Kier alpha value is -3.20. The van der Waals surface area contributed by atoms with Crippen LogP contribution in [0.25, 0.3) is 0 Å². The number of benzene rings is 1. The Balaban J connectivity index is 1.45. The van der Waals surface area contributed by atoms with Crippen LogP contribution in [0.15, 0.2) is 48.0 Å². The third-order valence-corrected chi connectivity index (χ3v) is 5.35. The number of para-hydroxylation sites is 1. The summed E-state index contributed by atoms with van der Waals surface area (Å²) in [4.78, 5) is 25.5. The first-order valence-corrected chi connectivity index (χ1v) is 10.1. The van der Waals surface area contributed by atoms with Gasteiger partial charge in [-0.1, -0.05) is 29.5 Å². The van der Waals surface area contributed by atoms with Gasteiger partial charge in [-0.25, -0.2) is 4.68 Å². The number of hydrogen-bond acceptors (Lipinski definition) is 6. The van der Waals surface area contributed by atoms with E-state index in [1.807, 2.05) is 48.7 Å². The van der Waals surface area contributed by atoms with E-state index >= 15 is 0 Å². The van der Waals surface area contributed by atoms with Crippen LogP contribution in [0.4, 0.5) is 0 Å². The number of ether oxygens (including phenoxy) is 1. The van der Waals surface area contributed by atoms with Crippen molar-refractivity contribution in [2.24, 2.45) is 0 Å². The minimum absolute atomic E-state index is 0.0954. The second-order valence-electron chi connectivity index (χ2n) is 6.42. The molecule has 1 unspecified atom stereocenters. The van der Waals surface area contributed by atoms with Crippen LogP contribution in [-0.4, -0.2) is 40.5 Å². The van der Waals surface area contributed by atoms with Crippen molar-refractivity contribution in [3.05, 3.63) is 64.1 Å². The number of carbonyl (C=O) groups is 2. The molecule has 8 nitrogen and oxygen atoms in total. The fourth-order valence-corrected chi connectivity index (χ4v) is 3.52. The van der Waals surface area contributed by atoms with Crippen LogP contribution in [0.2, 0.25) is 0 Å². The molecule has 9 heteroatoms. The summed E-state index contributed by atoms with van der Waals surface area (Å²) in [5.41, 5.74) is 1.07. The zero-order chi connectivity index (χ0) is 20.6. The lowest BCUT2D eigenvalue weighted by Gasteiger charge is -2.10. The number of nitrogens with one attached hydrogen (secondary N) is 2. The average Bonchev–Trinajstić information content (AvgIpc) is 3.41. The number of methoxy groups -OCH3 is 1. The third-order valence-electron chi connectivity index (χ3n) is 4.30. The highest BCUT2D eigenvalue weighted by Gasteiger charge is 2.15. The average molecular weight is 414 g/mol. The van der Waals surface area contributed by atoms with Crippen molar-refractivity contribution in [2.75, 3.05) is 13.7 Å². The summed E-state index contributed by atoms with van der Waals surface area (Å²) in [5, 5.41) is 15.6. The second-order valence-corrected chi connectivity index (χ2v) is 7.40. The van der Waals surface area contributed by atoms with E-state index in [1.54, 1.807) is 24.6 Å². The van der Waals surface area contributed by atoms with Crippen LogP contribution in [0.3, 0.4) is 0 Å². The van der Waals surface area contributed by atoms with Gasteiger partial charge in [-0.2, -0.15) is 0 Å². The highest BCUT2D eigenvalue weighted by Crippen LogP contribution is 2.18. The normalized spacial score (nSPS) is 11.7. The fourth-order valence-electron chi connectivity index (χ4n) is 2.79. The van der Waals surface area contributed by atoms with E-state index in [1.165, 1.54) is 4.68 Å². The number of aromatic nitrogens is 3. The molecule has 152 valence electrons. The molecule has 0 bridgehead atoms. The molecule has 2 amide bonds. The molecule has 3 aromatic rings. The molecule has 0 spiro atoms. The van der Waals surface area contributed by atoms with E-state index < -0.39 is 0 Å². The molecule has 2 aromatic heterocycles. The summed E-state index contributed by atoms with van der Waals surface area (Å²) in [6.07, 6.45) is 1.80. The summed E-state index contributed by atoms with van der Waals surface area (Å²) < 4.78 is 6.79. The molecule has 0 saturated heterocycles. The first kappa shape index (κ1) is 20.5. The van der Waals surface area contributed by atoms with Crippen LogP contribution in [0, 0.1) is 0 Å². The Kier molecular flexibility index (Phi) is 6.96. The maximum absolute atomic E-state index is 12.3. The van der Waals surface area contributed by atoms with Crippen LogP contribution in [-0.2, 0) is 17.8 Å². The van der Waals surface area contributed by atoms with Crippen LogP contribution >= 0.6 is 11.3 Å². The summed E-state index contributed by atoms with van der Waals surface area (Å²) in [6.45, 7) is 2.72. The van der Waals surface area contributed by atoms with E-state index in [9.17, 15) is 9.59 Å². The molecule has 1 atom stereocenters. The molecule has 0 aliphatic carbocycles. The molecule has 29 heavy (non-hydrogen) atoms. The predicted octanol–water partition coefficient (Wildman–Crippen LogP) is 2.20. The maximum Gasteiger partial charge on any atom is 0.273 e. The number of nitrogens with zero attached hydrogens (tertiary/aromatic N) is 3. The van der Waals surface area contributed by atoms with Crippen molar-refractivity contribution in [2.45, 2.75) is 25.9 Å². The summed E-state index contributed by atoms with van der Waals surface area (Å²) in [7, 11) is 1.58. The summed E-state index contributed by atoms with van der Waals surface area (Å²) >= 11 is 1.59. The van der Waals surface area contributed by atoms with Gasteiger partial charge in [0.15, 0.2) is 5.69 Å². The van der Waals surface area contributed by atoms with Gasteiger partial charge in [0, 0.05) is 17.0 Å². The van der Waals surface area contributed by atoms with Gasteiger partial charge in [0.1, 0.15) is 5.75 Å². The zero-order valence-corrected chi connectivity index (χ0v) is 17.1. The zero-order valence-electron chi connectivity index (χ0n) is 16.3. The first-order valence-electron chi connectivity index (χ1n) is 9.20. The van der Waals surface area contributed by atoms with E-state index in [4.69, 9.17) is 4.74 Å². The first-order chi connectivity index (χ1) is 14.1. The molecule has 0 aliphatic rings. The molecule has 0 aliphatic heterocycles. The number of rotatable bonds is 9. The van der Waals surface area contributed by atoms with Gasteiger partial charge in [-0.05, 0) is 24.4 Å². The molecule has 2 N–H and O–H groups in total. The van der Waals surface area contributed by atoms with Crippen LogP contribution in [0.5, 0.6) is 5.75 Å². The molecular formula is C20H23N5O3S. The molecular weight excluding hydrogens is 390 g/mol. The maximum atomic E-state index is 12.3. The minimum Gasteiger partial charge on any atom is -0.496 e. The van der Waals surface area contributed by atoms with Gasteiger partial charge in [0.25, 0.3) is 5.91 Å². The Morgan fingerprint density at radius 2 is 2.07 bits per heavy atom. The van der Waals surface area contributed by atoms with Crippen molar-refractivity contribution in [1.29, 1.82) is 0 Å². The lowest BCUT2D eigenvalue weighted by atomic mass is 10.1. The predicted molar refractivity (Wildman–Crippen MR) is 110 cm³/mol. The lowest BCUT2D eigenvalue weighted by molar-refractivity contribution is -0.120. The Bertz CT molecular complexity index is 955. The van der Waals surface area contributed by atoms with E-state index in [0.717, 1.165) is 10.4 Å². The van der Waals surface area contributed by atoms with Crippen molar-refractivity contribution < 1.29 is 14.3 Å². The van der Waals surface area contributed by atoms with Gasteiger partial charge < -0.3 is 15.4 Å². The van der Waals surface area contributed by atoms with Crippen LogP contribution < -0.4 is 15.4 Å². The van der Waals surface area contributed by atoms with Crippen molar-refractivity contribution in [1.82, 2.24) is 25.6 Å². The van der Waals surface area contributed by atoms with Gasteiger partial charge >= 0.3 is 0 Å². The largest absolute Gasteiger partial charge is 0.496 e. The number of carbonyl (C=O) groups excluding carboxylic acids is 2. The second kappa shape index (κ2) is 9.83. The topological polar surface area (TPSA) is 98.1 Å². The van der Waals surface area contributed by atoms with E-state index in [-0.39, 0.29) is 30.0 Å². The van der Waals surface area contributed by atoms with E-state index in [2.05, 4.69) is 20.9 Å². The monoisotopic (exact) mass is 413 g/mol. The standard InChI is InChI=1S/C20H23N5O3S/c1-14(18-8-5-11-29-18)22-20(27)16-13-25(24-23-16)10-9-21-19(26)12-15-6-3-4-7-17(15)28-2/h3-8,11,13-14H,9-10,12H2,1-2H3,(H,21,26)(H,22,27). The SMILES string of the molecule is COc1ccccc1CC(=O)NCCn1cc(C(=O)NC(C)c2cccs2)nn1. The quantitative estimate of drug-likeness (QED) is 0.560. The summed E-state index contributed by atoms with van der Waals surface area (Å²) in [5.74, 6) is 0.293. The van der Waals surface area contributed by atoms with Gasteiger partial charge in [0.05, 0.1) is 32.3 Å². The number of hydrogen-bond donors (Lipinski definition) is 2. The molecule has 1 aromatic carbocycles. The molecule has 0 radical (unpaired) electrons. The van der Waals surface area contributed by atoms with Gasteiger partial charge in [-0.3, -0.25) is 9.59 Å². The summed E-state index contributed by atoms with van der Waals surface area (Å²) in [6, 6.07) is 11.2. The fraction of sp³-hybridized carbons (Fsp3) is 0.300. The van der Waals surface area contributed by atoms with Gasteiger partial charge in [0.2, 0.25) is 5.91 Å². The minimum atomic E-state index is -0.280. The number of thiophene rings is 1. The Morgan fingerprint density at radius 3 is 2.83 bits per heavy atom. The Morgan fingerprint density at radius 1 is 1.24 bits per heavy atom. The highest BCUT2D eigenvalue weighted by molar-refractivity contribution is 7.10. The molecule has 0 saturated carbocycles. The third kappa shape index (κ3) is 5.64. The van der Waals surface area contributed by atoms with E-state index in [0.29, 0.717) is 18.8 Å². The smallest absolute Gasteiger partial charge is 0.273 e. The van der Waals surface area contributed by atoms with Crippen molar-refractivity contribution >= 4 is 23.2 Å². The lowest BCUT2D eigenvalue weighted by Crippen LogP contribution is -2.29. The highest BCUT2D eigenvalue weighted by atomic mass is 32.1. The molecule has 0 fully saturated rings. The van der Waals surface area contributed by atoms with Crippen LogP contribution in [0.1, 0.15) is 33.9 Å². The van der Waals surface area contributed by atoms with Gasteiger partial charge in [-0.15, -0.1) is 16.4 Å². The molecule has 3 rings (SSSR count). The van der Waals surface area contributed by atoms with Crippen molar-refractivity contribution in [3.63, 3.8) is 0 Å². The molecule has 2 heterocycles. The van der Waals surface area contributed by atoms with Crippen molar-refractivity contribution in [3.8, 4) is 5.75 Å². The Labute approximate surface area is 172 Å². The number of amides is 2.